The van der Waals surface area contributed by atoms with E-state index in [2.05, 4.69) is 20.3 Å². The first kappa shape index (κ1) is 25.4. The molecule has 1 N–H and O–H groups in total. The first-order valence-electron chi connectivity index (χ1n) is 11.4. The Bertz CT molecular complexity index is 1230. The summed E-state index contributed by atoms with van der Waals surface area (Å²) in [6.07, 6.45) is 4.23. The largest absolute Gasteiger partial charge is 0.493 e. The van der Waals surface area contributed by atoms with Crippen LogP contribution in [0.15, 0.2) is 29.9 Å². The Labute approximate surface area is 210 Å². The normalized spacial score (nSPS) is 13.9. The van der Waals surface area contributed by atoms with E-state index in [4.69, 9.17) is 9.47 Å². The number of nitrogens with zero attached hydrogens (tertiary/aromatic N) is 4. The quantitative estimate of drug-likeness (QED) is 0.442. The Morgan fingerprint density at radius 2 is 2.00 bits per heavy atom. The Balaban J connectivity index is 1.38. The molecule has 0 aliphatic carbocycles. The molecule has 1 amide bonds. The highest BCUT2D eigenvalue weighted by Crippen LogP contribution is 2.32. The van der Waals surface area contributed by atoms with Crippen LogP contribution in [0.4, 0.5) is 19.7 Å². The number of methoxy groups -OCH3 is 1. The predicted octanol–water partition coefficient (Wildman–Crippen LogP) is 4.25. The van der Waals surface area contributed by atoms with Crippen molar-refractivity contribution in [2.45, 2.75) is 26.4 Å². The van der Waals surface area contributed by atoms with Crippen molar-refractivity contribution in [3.8, 4) is 17.0 Å². The number of hydrogen-bond donors (Lipinski definition) is 1. The number of thiazole rings is 1. The first-order chi connectivity index (χ1) is 17.4. The van der Waals surface area contributed by atoms with Gasteiger partial charge in [-0.05, 0) is 31.9 Å². The summed E-state index contributed by atoms with van der Waals surface area (Å²) >= 11 is 1.14. The van der Waals surface area contributed by atoms with Crippen molar-refractivity contribution in [3.63, 3.8) is 0 Å². The minimum atomic E-state index is -0.889. The zero-order valence-electron chi connectivity index (χ0n) is 19.8. The molecule has 0 atom stereocenters. The van der Waals surface area contributed by atoms with Crippen LogP contribution in [0.1, 0.15) is 35.8 Å². The number of piperidine rings is 1. The van der Waals surface area contributed by atoms with E-state index in [1.54, 1.807) is 12.3 Å². The van der Waals surface area contributed by atoms with Crippen LogP contribution in [0.25, 0.3) is 11.3 Å². The van der Waals surface area contributed by atoms with Crippen LogP contribution in [-0.4, -0.2) is 53.6 Å². The Hall–Kier alpha value is -3.67. The van der Waals surface area contributed by atoms with Gasteiger partial charge in [0.25, 0.3) is 5.91 Å². The predicted molar refractivity (Wildman–Crippen MR) is 130 cm³/mol. The monoisotopic (exact) mass is 517 g/mol. The summed E-state index contributed by atoms with van der Waals surface area (Å²) < 4.78 is 37.5. The van der Waals surface area contributed by atoms with Crippen molar-refractivity contribution in [2.24, 2.45) is 5.92 Å². The third-order valence-electron chi connectivity index (χ3n) is 5.80. The van der Waals surface area contributed by atoms with E-state index >= 15 is 0 Å². The van der Waals surface area contributed by atoms with Crippen LogP contribution in [-0.2, 0) is 16.2 Å². The van der Waals surface area contributed by atoms with Gasteiger partial charge in [0.15, 0.2) is 16.7 Å². The zero-order valence-corrected chi connectivity index (χ0v) is 20.6. The van der Waals surface area contributed by atoms with Gasteiger partial charge in [0.1, 0.15) is 18.2 Å². The summed E-state index contributed by atoms with van der Waals surface area (Å²) in [5, 5.41) is 4.56. The second kappa shape index (κ2) is 11.4. The maximum atomic E-state index is 14.2. The third-order valence-corrected chi connectivity index (χ3v) is 6.56. The lowest BCUT2D eigenvalue weighted by atomic mass is 9.97. The molecule has 190 valence electrons. The van der Waals surface area contributed by atoms with Gasteiger partial charge >= 0.3 is 5.97 Å². The number of carbonyl (C=O) groups is 2. The number of rotatable bonds is 8. The molecule has 0 saturated carbocycles. The molecule has 36 heavy (non-hydrogen) atoms. The molecule has 1 saturated heterocycles. The van der Waals surface area contributed by atoms with E-state index < -0.39 is 18.4 Å². The number of benzene rings is 1. The average Bonchev–Trinajstić information content (AvgIpc) is 3.37. The summed E-state index contributed by atoms with van der Waals surface area (Å²) in [6.45, 7) is 2.55. The fraction of sp³-hybridized carbons (Fsp3) is 0.375. The zero-order chi connectivity index (χ0) is 25.7. The highest BCUT2D eigenvalue weighted by atomic mass is 32.1. The molecule has 0 bridgehead atoms. The fourth-order valence-corrected chi connectivity index (χ4v) is 4.67. The van der Waals surface area contributed by atoms with E-state index in [1.165, 1.54) is 31.6 Å². The standard InChI is InChI=1S/C24H25F2N5O4S/c1-3-35-23(33)14-4-6-31(7-5-14)20-12-27-18(11-28-20)22(32)30-24-29-19(13-36-24)15-8-16(10-25)21(34-2)17(26)9-15/h8-9,11-14H,3-7,10H2,1-2H3,(H,29,30,32). The van der Waals surface area contributed by atoms with Gasteiger partial charge in [0, 0.05) is 29.6 Å². The smallest absolute Gasteiger partial charge is 0.309 e. The molecule has 0 radical (unpaired) electrons. The topological polar surface area (TPSA) is 107 Å². The number of hydrogen-bond acceptors (Lipinski definition) is 9. The maximum Gasteiger partial charge on any atom is 0.309 e. The molecule has 4 rings (SSSR count). The van der Waals surface area contributed by atoms with Gasteiger partial charge in [0.2, 0.25) is 0 Å². The highest BCUT2D eigenvalue weighted by Gasteiger charge is 2.27. The van der Waals surface area contributed by atoms with Gasteiger partial charge < -0.3 is 14.4 Å². The van der Waals surface area contributed by atoms with E-state index in [0.717, 1.165) is 11.3 Å². The summed E-state index contributed by atoms with van der Waals surface area (Å²) in [5.74, 6) is -0.991. The highest BCUT2D eigenvalue weighted by molar-refractivity contribution is 7.14. The van der Waals surface area contributed by atoms with E-state index in [0.29, 0.717) is 49.6 Å². The molecule has 9 nitrogen and oxygen atoms in total. The number of anilines is 2. The van der Waals surface area contributed by atoms with Crippen LogP contribution in [0.3, 0.4) is 0 Å². The van der Waals surface area contributed by atoms with Gasteiger partial charge in [-0.1, -0.05) is 0 Å². The average molecular weight is 518 g/mol. The fourth-order valence-electron chi connectivity index (χ4n) is 3.96. The number of ether oxygens (including phenoxy) is 2. The van der Waals surface area contributed by atoms with Crippen molar-refractivity contribution in [1.29, 1.82) is 0 Å². The van der Waals surface area contributed by atoms with Crippen LogP contribution >= 0.6 is 11.3 Å². The Kier molecular flexibility index (Phi) is 8.04. The first-order valence-corrected chi connectivity index (χ1v) is 12.2. The number of nitrogens with one attached hydrogen (secondary N) is 1. The molecule has 1 aliphatic heterocycles. The molecule has 12 heteroatoms. The molecule has 0 spiro atoms. The third kappa shape index (κ3) is 5.59. The number of amides is 1. The second-order valence-corrected chi connectivity index (χ2v) is 8.91. The van der Waals surface area contributed by atoms with Gasteiger partial charge in [-0.15, -0.1) is 11.3 Å². The molecule has 1 aliphatic rings. The Morgan fingerprint density at radius 3 is 2.64 bits per heavy atom. The van der Waals surface area contributed by atoms with E-state index in [-0.39, 0.29) is 34.0 Å². The molecular formula is C24H25F2N5O4S. The lowest BCUT2D eigenvalue weighted by Crippen LogP contribution is -2.37. The van der Waals surface area contributed by atoms with Crippen LogP contribution < -0.4 is 15.0 Å². The summed E-state index contributed by atoms with van der Waals surface area (Å²) in [4.78, 5) is 39.4. The van der Waals surface area contributed by atoms with Gasteiger partial charge in [-0.3, -0.25) is 14.9 Å². The summed E-state index contributed by atoms with van der Waals surface area (Å²) in [7, 11) is 1.27. The minimum absolute atomic E-state index is 0.0755. The van der Waals surface area contributed by atoms with E-state index in [9.17, 15) is 18.4 Å². The lowest BCUT2D eigenvalue weighted by Gasteiger charge is -2.31. The number of alkyl halides is 1. The van der Waals surface area contributed by atoms with Crippen LogP contribution in [0.2, 0.25) is 0 Å². The lowest BCUT2D eigenvalue weighted by molar-refractivity contribution is -0.148. The van der Waals surface area contributed by atoms with Crippen LogP contribution in [0.5, 0.6) is 5.75 Å². The molecule has 3 aromatic rings. The Morgan fingerprint density at radius 1 is 1.22 bits per heavy atom. The van der Waals surface area contributed by atoms with E-state index in [1.807, 2.05) is 4.90 Å². The SMILES string of the molecule is CCOC(=O)C1CCN(c2cnc(C(=O)Nc3nc(-c4cc(F)c(OC)c(CF)c4)cs3)cn2)CC1. The van der Waals surface area contributed by atoms with Crippen molar-refractivity contribution in [1.82, 2.24) is 15.0 Å². The minimum Gasteiger partial charge on any atom is -0.493 e. The van der Waals surface area contributed by atoms with Gasteiger partial charge in [-0.25, -0.2) is 23.7 Å². The summed E-state index contributed by atoms with van der Waals surface area (Å²) in [5.41, 5.74) is 0.937. The van der Waals surface area contributed by atoms with Crippen molar-refractivity contribution >= 4 is 34.2 Å². The second-order valence-electron chi connectivity index (χ2n) is 8.05. The van der Waals surface area contributed by atoms with Crippen molar-refractivity contribution < 1.29 is 27.8 Å². The van der Waals surface area contributed by atoms with Crippen molar-refractivity contribution in [3.05, 3.63) is 47.0 Å². The molecule has 0 unspecified atom stereocenters. The molecule has 1 fully saturated rings. The van der Waals surface area contributed by atoms with Gasteiger partial charge in [0.05, 0.1) is 37.7 Å². The summed E-state index contributed by atoms with van der Waals surface area (Å²) in [6, 6.07) is 2.67. The molecule has 2 aromatic heterocycles. The van der Waals surface area contributed by atoms with Gasteiger partial charge in [-0.2, -0.15) is 0 Å². The maximum absolute atomic E-state index is 14.2. The van der Waals surface area contributed by atoms with Crippen LogP contribution in [0, 0.1) is 11.7 Å². The van der Waals surface area contributed by atoms with Crippen molar-refractivity contribution in [2.75, 3.05) is 37.0 Å². The molecular weight excluding hydrogens is 492 g/mol. The molecule has 3 heterocycles. The number of carbonyl (C=O) groups excluding carboxylic acids is 2. The number of halogens is 2. The number of aromatic nitrogens is 3. The molecule has 1 aromatic carbocycles. The number of esters is 1.